The Bertz CT molecular complexity index is 949. The zero-order valence-electron chi connectivity index (χ0n) is 14.3. The topological polar surface area (TPSA) is 78.4 Å². The Morgan fingerprint density at radius 3 is 2.96 bits per heavy atom. The monoisotopic (exact) mass is 347 g/mol. The van der Waals surface area contributed by atoms with Crippen LogP contribution in [0.5, 0.6) is 0 Å². The average Bonchev–Trinajstić information content (AvgIpc) is 3.06. The van der Waals surface area contributed by atoms with Crippen molar-refractivity contribution in [2.24, 2.45) is 0 Å². The van der Waals surface area contributed by atoms with Crippen LogP contribution in [0.2, 0.25) is 0 Å². The lowest BCUT2D eigenvalue weighted by Gasteiger charge is -2.35. The maximum atomic E-state index is 13.0. The van der Waals surface area contributed by atoms with E-state index < -0.39 is 0 Å². The van der Waals surface area contributed by atoms with Gasteiger partial charge >= 0.3 is 6.03 Å². The molecule has 1 fully saturated rings. The van der Waals surface area contributed by atoms with Crippen molar-refractivity contribution in [3.8, 4) is 12.3 Å². The molecule has 130 valence electrons. The Morgan fingerprint density at radius 2 is 2.19 bits per heavy atom. The van der Waals surface area contributed by atoms with E-state index in [4.69, 9.17) is 6.42 Å². The number of nitrogens with zero attached hydrogens (tertiary/aromatic N) is 4. The number of urea groups is 1. The number of carbonyl (C=O) groups excluding carboxylic acids is 2. The number of rotatable bonds is 2. The van der Waals surface area contributed by atoms with Gasteiger partial charge in [0.1, 0.15) is 11.5 Å². The Balaban J connectivity index is 1.70. The first-order valence-electron chi connectivity index (χ1n) is 8.36. The Labute approximate surface area is 151 Å². The SMILES string of the molecule is C#Cc1ccnc(NC(=O)N2c3nc(C(C)=O)ccc3N3CCC2C3)c1. The molecule has 0 radical (unpaired) electrons. The third-order valence-corrected chi connectivity index (χ3v) is 4.69. The molecular weight excluding hydrogens is 330 g/mol. The first kappa shape index (κ1) is 16.1. The van der Waals surface area contributed by atoms with E-state index in [1.807, 2.05) is 6.07 Å². The average molecular weight is 347 g/mol. The summed E-state index contributed by atoms with van der Waals surface area (Å²) in [5.41, 5.74) is 1.85. The molecule has 4 rings (SSSR count). The number of terminal acetylenes is 1. The highest BCUT2D eigenvalue weighted by atomic mass is 16.2. The number of pyridine rings is 2. The lowest BCUT2D eigenvalue weighted by atomic mass is 10.1. The van der Waals surface area contributed by atoms with Gasteiger partial charge in [-0.1, -0.05) is 5.92 Å². The molecule has 1 saturated heterocycles. The van der Waals surface area contributed by atoms with E-state index in [-0.39, 0.29) is 17.9 Å². The molecule has 1 atom stereocenters. The van der Waals surface area contributed by atoms with Crippen LogP contribution in [0.25, 0.3) is 0 Å². The third kappa shape index (κ3) is 2.65. The zero-order valence-corrected chi connectivity index (χ0v) is 14.3. The van der Waals surface area contributed by atoms with Crippen molar-refractivity contribution in [1.29, 1.82) is 0 Å². The number of nitrogens with one attached hydrogen (secondary N) is 1. The summed E-state index contributed by atoms with van der Waals surface area (Å²) in [6.07, 6.45) is 7.80. The lowest BCUT2D eigenvalue weighted by Crippen LogP contribution is -2.48. The van der Waals surface area contributed by atoms with Crippen LogP contribution >= 0.6 is 0 Å². The number of Topliss-reactive ketones (excluding diaryl/α,β-unsaturated/α-hetero) is 1. The van der Waals surface area contributed by atoms with Crippen molar-refractivity contribution in [3.05, 3.63) is 41.7 Å². The number of ketones is 1. The molecule has 2 bridgehead atoms. The minimum absolute atomic E-state index is 0.00743. The van der Waals surface area contributed by atoms with E-state index in [0.717, 1.165) is 25.2 Å². The van der Waals surface area contributed by atoms with E-state index in [1.54, 1.807) is 29.3 Å². The first-order chi connectivity index (χ1) is 12.6. The van der Waals surface area contributed by atoms with E-state index in [1.165, 1.54) is 6.92 Å². The predicted molar refractivity (Wildman–Crippen MR) is 98.5 cm³/mol. The molecule has 2 amide bonds. The van der Waals surface area contributed by atoms with Crippen LogP contribution in [0.1, 0.15) is 29.4 Å². The summed E-state index contributed by atoms with van der Waals surface area (Å²) in [5, 5.41) is 2.80. The van der Waals surface area contributed by atoms with Crippen molar-refractivity contribution in [3.63, 3.8) is 0 Å². The summed E-state index contributed by atoms with van der Waals surface area (Å²) < 4.78 is 0. The molecule has 0 aromatic carbocycles. The summed E-state index contributed by atoms with van der Waals surface area (Å²) >= 11 is 0. The van der Waals surface area contributed by atoms with Crippen LogP contribution in [0.4, 0.5) is 22.1 Å². The van der Waals surface area contributed by atoms with E-state index >= 15 is 0 Å². The Morgan fingerprint density at radius 1 is 1.35 bits per heavy atom. The van der Waals surface area contributed by atoms with Gasteiger partial charge in [-0.05, 0) is 30.7 Å². The smallest absolute Gasteiger partial charge is 0.329 e. The molecule has 2 aliphatic rings. The summed E-state index contributed by atoms with van der Waals surface area (Å²) in [4.78, 5) is 37.1. The summed E-state index contributed by atoms with van der Waals surface area (Å²) in [7, 11) is 0. The molecule has 7 nitrogen and oxygen atoms in total. The number of carbonyl (C=O) groups is 2. The van der Waals surface area contributed by atoms with Crippen LogP contribution in [0.3, 0.4) is 0 Å². The van der Waals surface area contributed by atoms with Gasteiger partial charge in [0, 0.05) is 31.8 Å². The van der Waals surface area contributed by atoms with Crippen molar-refractivity contribution in [2.75, 3.05) is 28.2 Å². The first-order valence-corrected chi connectivity index (χ1v) is 8.36. The van der Waals surface area contributed by atoms with Crippen LogP contribution in [0, 0.1) is 12.3 Å². The van der Waals surface area contributed by atoms with E-state index in [2.05, 4.69) is 26.1 Å². The molecule has 0 saturated carbocycles. The van der Waals surface area contributed by atoms with Crippen molar-refractivity contribution < 1.29 is 9.59 Å². The van der Waals surface area contributed by atoms with Gasteiger partial charge in [0.15, 0.2) is 11.6 Å². The number of fused-ring (bicyclic) bond motifs is 4. The van der Waals surface area contributed by atoms with Crippen molar-refractivity contribution in [2.45, 2.75) is 19.4 Å². The Kier molecular flexibility index (Phi) is 3.81. The molecule has 1 N–H and O–H groups in total. The van der Waals surface area contributed by atoms with Crippen molar-refractivity contribution in [1.82, 2.24) is 9.97 Å². The standard InChI is InChI=1S/C19H17N5O2/c1-3-13-6-8-20-17(10-13)22-19(26)24-14-7-9-23(11-14)16-5-4-15(12(2)25)21-18(16)24/h1,4-6,8,10,14H,7,9,11H2,2H3,(H,20,22,26). The molecule has 2 aromatic rings. The van der Waals surface area contributed by atoms with Gasteiger partial charge in [-0.3, -0.25) is 15.0 Å². The maximum Gasteiger partial charge on any atom is 0.329 e. The minimum Gasteiger partial charge on any atom is -0.366 e. The highest BCUT2D eigenvalue weighted by molar-refractivity contribution is 6.05. The fraction of sp³-hybridized carbons (Fsp3) is 0.263. The van der Waals surface area contributed by atoms with Crippen LogP contribution < -0.4 is 15.1 Å². The van der Waals surface area contributed by atoms with Gasteiger partial charge in [-0.15, -0.1) is 6.42 Å². The van der Waals surface area contributed by atoms with Gasteiger partial charge in [-0.25, -0.2) is 14.8 Å². The molecule has 2 aliphatic heterocycles. The fourth-order valence-electron chi connectivity index (χ4n) is 3.43. The highest BCUT2D eigenvalue weighted by Gasteiger charge is 2.40. The number of anilines is 3. The fourth-order valence-corrected chi connectivity index (χ4v) is 3.43. The van der Waals surface area contributed by atoms with Gasteiger partial charge < -0.3 is 4.90 Å². The molecule has 7 heteroatoms. The van der Waals surface area contributed by atoms with E-state index in [0.29, 0.717) is 22.9 Å². The largest absolute Gasteiger partial charge is 0.366 e. The zero-order chi connectivity index (χ0) is 18.3. The molecule has 26 heavy (non-hydrogen) atoms. The van der Waals surface area contributed by atoms with Gasteiger partial charge in [0.05, 0.1) is 11.7 Å². The van der Waals surface area contributed by atoms with Gasteiger partial charge in [0.25, 0.3) is 0 Å². The minimum atomic E-state index is -0.326. The quantitative estimate of drug-likeness (QED) is 0.666. The molecule has 1 unspecified atom stereocenters. The van der Waals surface area contributed by atoms with Crippen LogP contribution in [-0.4, -0.2) is 40.9 Å². The number of aromatic nitrogens is 2. The van der Waals surface area contributed by atoms with E-state index in [9.17, 15) is 9.59 Å². The summed E-state index contributed by atoms with van der Waals surface area (Å²) in [5.74, 6) is 3.28. The second-order valence-electron chi connectivity index (χ2n) is 6.36. The number of amides is 2. The highest BCUT2D eigenvalue weighted by Crippen LogP contribution is 2.39. The van der Waals surface area contributed by atoms with Crippen molar-refractivity contribution >= 4 is 29.1 Å². The number of hydrogen-bond donors (Lipinski definition) is 1. The maximum absolute atomic E-state index is 13.0. The third-order valence-electron chi connectivity index (χ3n) is 4.69. The summed E-state index contributed by atoms with van der Waals surface area (Å²) in [6.45, 7) is 3.07. The molecule has 0 spiro atoms. The Hall–Kier alpha value is -3.40. The normalized spacial score (nSPS) is 17.5. The lowest BCUT2D eigenvalue weighted by molar-refractivity contribution is 0.101. The molecular formula is C19H17N5O2. The van der Waals surface area contributed by atoms with Crippen LogP contribution in [0.15, 0.2) is 30.5 Å². The van der Waals surface area contributed by atoms with Gasteiger partial charge in [0.2, 0.25) is 0 Å². The molecule has 4 heterocycles. The second kappa shape index (κ2) is 6.15. The second-order valence-corrected chi connectivity index (χ2v) is 6.36. The summed E-state index contributed by atoms with van der Waals surface area (Å²) in [6, 6.07) is 6.58. The molecule has 0 aliphatic carbocycles. The van der Waals surface area contributed by atoms with Crippen LogP contribution in [-0.2, 0) is 0 Å². The van der Waals surface area contributed by atoms with Gasteiger partial charge in [-0.2, -0.15) is 0 Å². The predicted octanol–water partition coefficient (Wildman–Crippen LogP) is 2.29. The number of hydrogen-bond acceptors (Lipinski definition) is 5. The molecule has 2 aromatic heterocycles.